The Labute approximate surface area is 97.6 Å². The van der Waals surface area contributed by atoms with Crippen LogP contribution in [0.1, 0.15) is 49.8 Å². The molecule has 0 spiro atoms. The third kappa shape index (κ3) is 2.43. The van der Waals surface area contributed by atoms with Gasteiger partial charge in [0.25, 0.3) is 0 Å². The van der Waals surface area contributed by atoms with Crippen LogP contribution in [0.15, 0.2) is 24.9 Å². The average molecular weight is 216 g/mol. The van der Waals surface area contributed by atoms with Crippen LogP contribution in [-0.2, 0) is 0 Å². The molecule has 1 aliphatic rings. The predicted molar refractivity (Wildman–Crippen MR) is 67.8 cm³/mol. The molecule has 0 unspecified atom stereocenters. The largest absolute Gasteiger partial charge is 0.397 e. The lowest BCUT2D eigenvalue weighted by atomic mass is 9.80. The summed E-state index contributed by atoms with van der Waals surface area (Å²) in [5.41, 5.74) is 8.31. The Balaban J connectivity index is 2.07. The van der Waals surface area contributed by atoms with Crippen molar-refractivity contribution in [3.63, 3.8) is 0 Å². The molecule has 2 nitrogen and oxygen atoms in total. The standard InChI is InChI=1S/C14H20N2/c1-10-3-5-12(6-4-10)13-7-8-14(11(2)15)16-9-13/h7-10,12H,2-6,15H2,1H3. The van der Waals surface area contributed by atoms with Gasteiger partial charge in [-0.2, -0.15) is 0 Å². The maximum Gasteiger partial charge on any atom is 0.0852 e. The highest BCUT2D eigenvalue weighted by atomic mass is 14.7. The van der Waals surface area contributed by atoms with Crippen molar-refractivity contribution in [2.75, 3.05) is 0 Å². The molecule has 2 heteroatoms. The zero-order valence-corrected chi connectivity index (χ0v) is 9.95. The third-order valence-electron chi connectivity index (χ3n) is 3.60. The Morgan fingerprint density at radius 2 is 2.00 bits per heavy atom. The van der Waals surface area contributed by atoms with Gasteiger partial charge in [-0.1, -0.05) is 32.4 Å². The van der Waals surface area contributed by atoms with Crippen LogP contribution in [0.25, 0.3) is 5.70 Å². The molecule has 0 amide bonds. The van der Waals surface area contributed by atoms with E-state index in [0.29, 0.717) is 11.6 Å². The van der Waals surface area contributed by atoms with E-state index in [1.807, 2.05) is 12.3 Å². The minimum atomic E-state index is 0.545. The number of nitrogens with zero attached hydrogens (tertiary/aromatic N) is 1. The molecule has 86 valence electrons. The molecule has 0 saturated heterocycles. The number of nitrogens with two attached hydrogens (primary N) is 1. The highest BCUT2D eigenvalue weighted by molar-refractivity contribution is 5.56. The second-order valence-corrected chi connectivity index (χ2v) is 4.96. The van der Waals surface area contributed by atoms with E-state index in [1.54, 1.807) is 0 Å². The molecular weight excluding hydrogens is 196 g/mol. The second kappa shape index (κ2) is 4.69. The van der Waals surface area contributed by atoms with E-state index in [9.17, 15) is 0 Å². The van der Waals surface area contributed by atoms with Gasteiger partial charge >= 0.3 is 0 Å². The number of rotatable bonds is 2. The van der Waals surface area contributed by atoms with Crippen molar-refractivity contribution >= 4 is 5.70 Å². The summed E-state index contributed by atoms with van der Waals surface area (Å²) in [7, 11) is 0. The van der Waals surface area contributed by atoms with Crippen molar-refractivity contribution in [1.29, 1.82) is 0 Å². The summed E-state index contributed by atoms with van der Waals surface area (Å²) in [4.78, 5) is 4.35. The first-order chi connectivity index (χ1) is 7.66. The number of hydrogen-bond donors (Lipinski definition) is 1. The lowest BCUT2D eigenvalue weighted by Crippen LogP contribution is -2.11. The van der Waals surface area contributed by atoms with Gasteiger partial charge in [-0.25, -0.2) is 0 Å². The predicted octanol–water partition coefficient (Wildman–Crippen LogP) is 3.30. The summed E-state index contributed by atoms with van der Waals surface area (Å²) < 4.78 is 0. The molecule has 2 rings (SSSR count). The van der Waals surface area contributed by atoms with Crippen molar-refractivity contribution in [2.24, 2.45) is 11.7 Å². The first-order valence-corrected chi connectivity index (χ1v) is 6.07. The Kier molecular flexibility index (Phi) is 3.28. The van der Waals surface area contributed by atoms with Crippen molar-refractivity contribution in [3.05, 3.63) is 36.2 Å². The van der Waals surface area contributed by atoms with Crippen molar-refractivity contribution in [3.8, 4) is 0 Å². The van der Waals surface area contributed by atoms with Gasteiger partial charge in [0.05, 0.1) is 11.4 Å². The maximum atomic E-state index is 5.60. The molecule has 1 fully saturated rings. The third-order valence-corrected chi connectivity index (χ3v) is 3.60. The Hall–Kier alpha value is -1.31. The van der Waals surface area contributed by atoms with Crippen LogP contribution in [0.4, 0.5) is 0 Å². The molecule has 0 aromatic carbocycles. The molecule has 1 aliphatic carbocycles. The highest BCUT2D eigenvalue weighted by Crippen LogP contribution is 2.35. The molecular formula is C14H20N2. The van der Waals surface area contributed by atoms with Gasteiger partial charge in [0.2, 0.25) is 0 Å². The van der Waals surface area contributed by atoms with E-state index in [-0.39, 0.29) is 0 Å². The number of aromatic nitrogens is 1. The Morgan fingerprint density at radius 1 is 1.31 bits per heavy atom. The Bertz CT molecular complexity index is 359. The van der Waals surface area contributed by atoms with Crippen LogP contribution in [0.3, 0.4) is 0 Å². The number of pyridine rings is 1. The van der Waals surface area contributed by atoms with E-state index in [2.05, 4.69) is 24.6 Å². The summed E-state index contributed by atoms with van der Waals surface area (Å²) in [6.07, 6.45) is 7.25. The minimum Gasteiger partial charge on any atom is -0.397 e. The maximum absolute atomic E-state index is 5.60. The number of hydrogen-bond acceptors (Lipinski definition) is 2. The first-order valence-electron chi connectivity index (χ1n) is 6.07. The van der Waals surface area contributed by atoms with Crippen LogP contribution in [0.2, 0.25) is 0 Å². The van der Waals surface area contributed by atoms with Gasteiger partial charge in [0.1, 0.15) is 0 Å². The molecule has 0 radical (unpaired) electrons. The van der Waals surface area contributed by atoms with E-state index < -0.39 is 0 Å². The van der Waals surface area contributed by atoms with Crippen molar-refractivity contribution < 1.29 is 0 Å². The van der Waals surface area contributed by atoms with Crippen LogP contribution >= 0.6 is 0 Å². The van der Waals surface area contributed by atoms with E-state index in [1.165, 1.54) is 31.2 Å². The fourth-order valence-corrected chi connectivity index (χ4v) is 2.43. The lowest BCUT2D eigenvalue weighted by molar-refractivity contribution is 0.347. The van der Waals surface area contributed by atoms with Crippen LogP contribution < -0.4 is 5.73 Å². The normalized spacial score (nSPS) is 25.3. The van der Waals surface area contributed by atoms with Gasteiger partial charge in [-0.05, 0) is 36.3 Å². The fraction of sp³-hybridized carbons (Fsp3) is 0.500. The minimum absolute atomic E-state index is 0.545. The molecule has 0 atom stereocenters. The first kappa shape index (κ1) is 11.2. The molecule has 0 bridgehead atoms. The topological polar surface area (TPSA) is 38.9 Å². The van der Waals surface area contributed by atoms with Crippen molar-refractivity contribution in [2.45, 2.75) is 38.5 Å². The second-order valence-electron chi connectivity index (χ2n) is 4.96. The summed E-state index contributed by atoms with van der Waals surface area (Å²) in [5.74, 6) is 1.59. The van der Waals surface area contributed by atoms with Crippen molar-refractivity contribution in [1.82, 2.24) is 4.98 Å². The van der Waals surface area contributed by atoms with Gasteiger partial charge in [0.15, 0.2) is 0 Å². The molecule has 0 aliphatic heterocycles. The average Bonchev–Trinajstić information content (AvgIpc) is 2.30. The fourth-order valence-electron chi connectivity index (χ4n) is 2.43. The zero-order chi connectivity index (χ0) is 11.5. The van der Waals surface area contributed by atoms with E-state index in [0.717, 1.165) is 11.6 Å². The quantitative estimate of drug-likeness (QED) is 0.823. The van der Waals surface area contributed by atoms with Crippen LogP contribution in [0, 0.1) is 5.92 Å². The summed E-state index contributed by atoms with van der Waals surface area (Å²) in [6, 6.07) is 4.14. The summed E-state index contributed by atoms with van der Waals surface area (Å²) in [6.45, 7) is 6.04. The monoisotopic (exact) mass is 216 g/mol. The smallest absolute Gasteiger partial charge is 0.0852 e. The molecule has 1 aromatic heterocycles. The molecule has 2 N–H and O–H groups in total. The molecule has 1 aromatic rings. The van der Waals surface area contributed by atoms with E-state index in [4.69, 9.17) is 5.73 Å². The summed E-state index contributed by atoms with van der Waals surface area (Å²) >= 11 is 0. The van der Waals surface area contributed by atoms with Gasteiger partial charge in [-0.15, -0.1) is 0 Å². The Morgan fingerprint density at radius 3 is 2.50 bits per heavy atom. The zero-order valence-electron chi connectivity index (χ0n) is 9.95. The lowest BCUT2D eigenvalue weighted by Gasteiger charge is -2.26. The molecule has 1 heterocycles. The van der Waals surface area contributed by atoms with Gasteiger partial charge in [0, 0.05) is 6.20 Å². The van der Waals surface area contributed by atoms with Crippen LogP contribution in [-0.4, -0.2) is 4.98 Å². The van der Waals surface area contributed by atoms with Gasteiger partial charge < -0.3 is 5.73 Å². The molecule has 16 heavy (non-hydrogen) atoms. The summed E-state index contributed by atoms with van der Waals surface area (Å²) in [5, 5.41) is 0. The molecule has 1 saturated carbocycles. The SMILES string of the molecule is C=C(N)c1ccc(C2CCC(C)CC2)cn1. The highest BCUT2D eigenvalue weighted by Gasteiger charge is 2.19. The van der Waals surface area contributed by atoms with E-state index >= 15 is 0 Å². The van der Waals surface area contributed by atoms with Crippen LogP contribution in [0.5, 0.6) is 0 Å². The van der Waals surface area contributed by atoms with Gasteiger partial charge in [-0.3, -0.25) is 4.98 Å².